The van der Waals surface area contributed by atoms with Crippen molar-refractivity contribution in [3.63, 3.8) is 0 Å². The number of aromatic nitrogens is 1. The first-order chi connectivity index (χ1) is 7.03. The Bertz CT molecular complexity index is 314. The van der Waals surface area contributed by atoms with Gasteiger partial charge in [-0.2, -0.15) is 13.2 Å². The minimum atomic E-state index is -4.32. The Kier molecular flexibility index (Phi) is 3.90. The fourth-order valence-electron chi connectivity index (χ4n) is 1.04. The molecule has 1 heterocycles. The van der Waals surface area contributed by atoms with Gasteiger partial charge in [-0.25, -0.2) is 0 Å². The summed E-state index contributed by atoms with van der Waals surface area (Å²) < 4.78 is 40.4. The molecule has 0 amide bonds. The molecule has 1 aromatic heterocycles. The Balaban J connectivity index is 2.67. The Morgan fingerprint density at radius 1 is 1.47 bits per heavy atom. The zero-order valence-electron chi connectivity index (χ0n) is 8.14. The quantitative estimate of drug-likeness (QED) is 0.839. The van der Waals surface area contributed by atoms with Crippen molar-refractivity contribution < 1.29 is 17.9 Å². The highest BCUT2D eigenvalue weighted by Crippen LogP contribution is 2.21. The number of ether oxygens (including phenoxy) is 1. The van der Waals surface area contributed by atoms with Crippen molar-refractivity contribution in [2.75, 3.05) is 13.7 Å². The molecule has 0 radical (unpaired) electrons. The largest absolute Gasteiger partial charge is 0.484 e. The van der Waals surface area contributed by atoms with Crippen molar-refractivity contribution in [1.29, 1.82) is 0 Å². The van der Waals surface area contributed by atoms with Gasteiger partial charge in [0, 0.05) is 24.5 Å². The van der Waals surface area contributed by atoms with Crippen molar-refractivity contribution in [1.82, 2.24) is 10.3 Å². The molecule has 1 N–H and O–H groups in total. The second-order valence-electron chi connectivity index (χ2n) is 2.92. The third-order valence-electron chi connectivity index (χ3n) is 1.62. The van der Waals surface area contributed by atoms with E-state index in [-0.39, 0.29) is 5.75 Å². The van der Waals surface area contributed by atoms with E-state index in [4.69, 9.17) is 0 Å². The highest BCUT2D eigenvalue weighted by atomic mass is 19.4. The number of alkyl halides is 3. The summed E-state index contributed by atoms with van der Waals surface area (Å²) in [6.07, 6.45) is -1.45. The Hall–Kier alpha value is -1.30. The molecule has 0 spiro atoms. The summed E-state index contributed by atoms with van der Waals surface area (Å²) >= 11 is 0. The topological polar surface area (TPSA) is 34.2 Å². The van der Waals surface area contributed by atoms with Crippen LogP contribution >= 0.6 is 0 Å². The van der Waals surface area contributed by atoms with Crippen LogP contribution in [0.3, 0.4) is 0 Å². The van der Waals surface area contributed by atoms with Crippen molar-refractivity contribution in [3.05, 3.63) is 24.0 Å². The second-order valence-corrected chi connectivity index (χ2v) is 2.92. The van der Waals surface area contributed by atoms with Crippen LogP contribution in [0, 0.1) is 0 Å². The number of rotatable bonds is 4. The van der Waals surface area contributed by atoms with E-state index in [9.17, 15) is 13.2 Å². The average Bonchev–Trinajstić information content (AvgIpc) is 2.16. The van der Waals surface area contributed by atoms with Crippen molar-refractivity contribution in [2.45, 2.75) is 12.7 Å². The maximum atomic E-state index is 11.9. The predicted molar refractivity (Wildman–Crippen MR) is 48.6 cm³/mol. The highest BCUT2D eigenvalue weighted by molar-refractivity contribution is 5.29. The zero-order valence-corrected chi connectivity index (χ0v) is 8.14. The van der Waals surface area contributed by atoms with Gasteiger partial charge < -0.3 is 10.1 Å². The van der Waals surface area contributed by atoms with Gasteiger partial charge in [0.05, 0.1) is 0 Å². The van der Waals surface area contributed by atoms with Crippen molar-refractivity contribution in [3.8, 4) is 5.75 Å². The van der Waals surface area contributed by atoms with Crippen LogP contribution in [0.25, 0.3) is 0 Å². The molecule has 84 valence electrons. The molecule has 0 atom stereocenters. The lowest BCUT2D eigenvalue weighted by molar-refractivity contribution is -0.153. The minimum Gasteiger partial charge on any atom is -0.484 e. The van der Waals surface area contributed by atoms with E-state index in [0.717, 1.165) is 0 Å². The van der Waals surface area contributed by atoms with Gasteiger partial charge in [0.25, 0.3) is 0 Å². The lowest BCUT2D eigenvalue weighted by Gasteiger charge is -2.12. The molecule has 0 aliphatic carbocycles. The molecular weight excluding hydrogens is 209 g/mol. The molecule has 6 heteroatoms. The van der Waals surface area contributed by atoms with E-state index in [0.29, 0.717) is 12.1 Å². The van der Waals surface area contributed by atoms with Crippen LogP contribution in [0.1, 0.15) is 5.56 Å². The number of nitrogens with zero attached hydrogens (tertiary/aromatic N) is 1. The zero-order chi connectivity index (χ0) is 11.3. The molecule has 0 saturated carbocycles. The standard InChI is InChI=1S/C9H11F3N2O/c1-13-4-7-5-14-3-2-8(7)15-6-9(10,11)12/h2-3,5,13H,4,6H2,1H3. The van der Waals surface area contributed by atoms with Gasteiger partial charge in [-0.15, -0.1) is 0 Å². The van der Waals surface area contributed by atoms with Gasteiger partial charge in [-0.3, -0.25) is 4.98 Å². The molecule has 0 bridgehead atoms. The molecule has 0 aromatic carbocycles. The number of halogens is 3. The first-order valence-corrected chi connectivity index (χ1v) is 4.30. The summed E-state index contributed by atoms with van der Waals surface area (Å²) in [6, 6.07) is 1.42. The maximum absolute atomic E-state index is 11.9. The fraction of sp³-hybridized carbons (Fsp3) is 0.444. The van der Waals surface area contributed by atoms with Crippen LogP contribution < -0.4 is 10.1 Å². The van der Waals surface area contributed by atoms with Crippen LogP contribution in [-0.4, -0.2) is 24.8 Å². The molecule has 1 aromatic rings. The maximum Gasteiger partial charge on any atom is 0.422 e. The summed E-state index contributed by atoms with van der Waals surface area (Å²) in [5.74, 6) is 0.205. The first kappa shape index (κ1) is 11.8. The van der Waals surface area contributed by atoms with Crippen LogP contribution in [0.5, 0.6) is 5.75 Å². The minimum absolute atomic E-state index is 0.205. The van der Waals surface area contributed by atoms with E-state index in [1.165, 1.54) is 18.5 Å². The summed E-state index contributed by atoms with van der Waals surface area (Å²) in [5, 5.41) is 2.82. The monoisotopic (exact) mass is 220 g/mol. The Labute approximate surface area is 85.3 Å². The second kappa shape index (κ2) is 4.97. The van der Waals surface area contributed by atoms with Crippen LogP contribution in [0.4, 0.5) is 13.2 Å². The third-order valence-corrected chi connectivity index (χ3v) is 1.62. The van der Waals surface area contributed by atoms with Crippen LogP contribution in [0.2, 0.25) is 0 Å². The SMILES string of the molecule is CNCc1cnccc1OCC(F)(F)F. The molecule has 0 fully saturated rings. The predicted octanol–water partition coefficient (Wildman–Crippen LogP) is 1.74. The van der Waals surface area contributed by atoms with E-state index in [2.05, 4.69) is 15.0 Å². The lowest BCUT2D eigenvalue weighted by Crippen LogP contribution is -2.20. The summed E-state index contributed by atoms with van der Waals surface area (Å²) in [4.78, 5) is 3.81. The first-order valence-electron chi connectivity index (χ1n) is 4.30. The van der Waals surface area contributed by atoms with Crippen LogP contribution in [-0.2, 0) is 6.54 Å². The molecule has 0 aliphatic rings. The van der Waals surface area contributed by atoms with E-state index in [1.807, 2.05) is 0 Å². The summed E-state index contributed by atoms with van der Waals surface area (Å²) in [7, 11) is 1.69. The number of nitrogens with one attached hydrogen (secondary N) is 1. The summed E-state index contributed by atoms with van der Waals surface area (Å²) in [5.41, 5.74) is 0.601. The molecule has 0 saturated heterocycles. The van der Waals surface area contributed by atoms with Gasteiger partial charge in [-0.05, 0) is 13.1 Å². The molecule has 15 heavy (non-hydrogen) atoms. The van der Waals surface area contributed by atoms with Gasteiger partial charge in [0.2, 0.25) is 0 Å². The Morgan fingerprint density at radius 2 is 2.20 bits per heavy atom. The smallest absolute Gasteiger partial charge is 0.422 e. The number of hydrogen-bond donors (Lipinski definition) is 1. The van der Waals surface area contributed by atoms with Gasteiger partial charge in [0.1, 0.15) is 5.75 Å². The molecule has 3 nitrogen and oxygen atoms in total. The van der Waals surface area contributed by atoms with Gasteiger partial charge in [0.15, 0.2) is 6.61 Å². The van der Waals surface area contributed by atoms with Crippen LogP contribution in [0.15, 0.2) is 18.5 Å². The van der Waals surface area contributed by atoms with Crippen molar-refractivity contribution >= 4 is 0 Å². The molecule has 1 rings (SSSR count). The fourth-order valence-corrected chi connectivity index (χ4v) is 1.04. The highest BCUT2D eigenvalue weighted by Gasteiger charge is 2.28. The number of pyridine rings is 1. The van der Waals surface area contributed by atoms with E-state index in [1.54, 1.807) is 7.05 Å². The normalized spacial score (nSPS) is 11.5. The van der Waals surface area contributed by atoms with Gasteiger partial charge in [-0.1, -0.05) is 0 Å². The van der Waals surface area contributed by atoms with Crippen molar-refractivity contribution in [2.24, 2.45) is 0 Å². The number of hydrogen-bond acceptors (Lipinski definition) is 3. The van der Waals surface area contributed by atoms with E-state index < -0.39 is 12.8 Å². The lowest BCUT2D eigenvalue weighted by atomic mass is 10.2. The molecular formula is C9H11F3N2O. The molecule has 0 unspecified atom stereocenters. The van der Waals surface area contributed by atoms with E-state index >= 15 is 0 Å². The summed E-state index contributed by atoms with van der Waals surface area (Å²) in [6.45, 7) is -0.866. The molecule has 0 aliphatic heterocycles. The Morgan fingerprint density at radius 3 is 2.80 bits per heavy atom. The van der Waals surface area contributed by atoms with Gasteiger partial charge >= 0.3 is 6.18 Å². The third kappa shape index (κ3) is 4.16. The average molecular weight is 220 g/mol.